The van der Waals surface area contributed by atoms with Gasteiger partial charge in [0.25, 0.3) is 16.0 Å². The van der Waals surface area contributed by atoms with Gasteiger partial charge in [0.2, 0.25) is 5.88 Å². The number of ether oxygens (including phenoxy) is 1. The summed E-state index contributed by atoms with van der Waals surface area (Å²) in [5.41, 5.74) is 3.10. The van der Waals surface area contributed by atoms with E-state index in [-0.39, 0.29) is 22.4 Å². The highest BCUT2D eigenvalue weighted by molar-refractivity contribution is 7.92. The van der Waals surface area contributed by atoms with Gasteiger partial charge in [-0.05, 0) is 48.4 Å². The molecule has 0 saturated heterocycles. The van der Waals surface area contributed by atoms with Crippen molar-refractivity contribution in [1.82, 2.24) is 9.97 Å². The molecule has 34 heavy (non-hydrogen) atoms. The first-order valence-electron chi connectivity index (χ1n) is 10.2. The van der Waals surface area contributed by atoms with Crippen molar-refractivity contribution in [2.75, 3.05) is 4.72 Å². The number of nitrogens with zero attached hydrogens (tertiary/aromatic N) is 2. The molecular formula is C25H18FN3O4S. The van der Waals surface area contributed by atoms with Crippen molar-refractivity contribution < 1.29 is 22.0 Å². The number of aryl methyl sites for hydroxylation is 1. The second-order valence-electron chi connectivity index (χ2n) is 7.54. The first-order valence-corrected chi connectivity index (χ1v) is 11.7. The van der Waals surface area contributed by atoms with Crippen molar-refractivity contribution in [3.63, 3.8) is 0 Å². The van der Waals surface area contributed by atoms with Crippen molar-refractivity contribution in [3.05, 3.63) is 96.8 Å². The molecule has 1 N–H and O–H groups in total. The smallest absolute Gasteiger partial charge is 0.291 e. The minimum atomic E-state index is -4.10. The first-order chi connectivity index (χ1) is 16.4. The van der Waals surface area contributed by atoms with Crippen LogP contribution in [-0.4, -0.2) is 18.4 Å². The largest absolute Gasteiger partial charge is 0.434 e. The Hall–Kier alpha value is -4.24. The molecule has 5 aromatic rings. The Bertz CT molecular complexity index is 1590. The number of hydrogen-bond acceptors (Lipinski definition) is 6. The molecule has 0 radical (unpaired) electrons. The molecule has 0 aliphatic heterocycles. The van der Waals surface area contributed by atoms with Gasteiger partial charge in [-0.2, -0.15) is 0 Å². The molecule has 0 amide bonds. The molecule has 0 atom stereocenters. The molecule has 0 spiro atoms. The van der Waals surface area contributed by atoms with Crippen LogP contribution >= 0.6 is 0 Å². The van der Waals surface area contributed by atoms with Gasteiger partial charge in [-0.25, -0.2) is 17.8 Å². The van der Waals surface area contributed by atoms with Gasteiger partial charge in [-0.3, -0.25) is 9.71 Å². The second-order valence-corrected chi connectivity index (χ2v) is 9.22. The van der Waals surface area contributed by atoms with Crippen LogP contribution in [0.15, 0.2) is 94.7 Å². The summed E-state index contributed by atoms with van der Waals surface area (Å²) in [7, 11) is -4.10. The summed E-state index contributed by atoms with van der Waals surface area (Å²) in [5, 5.41) is 0.937. The van der Waals surface area contributed by atoms with E-state index in [9.17, 15) is 12.8 Å². The van der Waals surface area contributed by atoms with Crippen molar-refractivity contribution in [3.8, 4) is 23.0 Å². The number of hydrogen-bond donors (Lipinski definition) is 1. The Morgan fingerprint density at radius 3 is 2.59 bits per heavy atom. The highest BCUT2D eigenvalue weighted by Gasteiger charge is 2.18. The van der Waals surface area contributed by atoms with Gasteiger partial charge in [0, 0.05) is 29.3 Å². The van der Waals surface area contributed by atoms with E-state index in [2.05, 4.69) is 14.7 Å². The summed E-state index contributed by atoms with van der Waals surface area (Å²) < 4.78 is 53.0. The van der Waals surface area contributed by atoms with E-state index in [1.54, 1.807) is 24.4 Å². The van der Waals surface area contributed by atoms with E-state index in [0.717, 1.165) is 28.2 Å². The quantitative estimate of drug-likeness (QED) is 0.327. The number of benzene rings is 2. The number of aromatic nitrogens is 2. The third kappa shape index (κ3) is 4.33. The maximum atomic E-state index is 14.5. The molecule has 0 aliphatic rings. The van der Waals surface area contributed by atoms with Crippen LogP contribution in [0.5, 0.6) is 11.8 Å². The van der Waals surface area contributed by atoms with Gasteiger partial charge in [-0.1, -0.05) is 24.3 Å². The standard InChI is InChI=1S/C25H18FN3O4S/c1-16-4-2-5-18-12-19(14-28-25(16)18)17-7-9-21(26)22(13-17)29-34(30,31)20-8-10-23(27-15-20)33-24-6-3-11-32-24/h2-15,29H,1H3. The van der Waals surface area contributed by atoms with Crippen LogP contribution in [0.2, 0.25) is 0 Å². The first kappa shape index (κ1) is 21.6. The van der Waals surface area contributed by atoms with Gasteiger partial charge in [0.1, 0.15) is 10.7 Å². The highest BCUT2D eigenvalue weighted by Crippen LogP contribution is 2.29. The van der Waals surface area contributed by atoms with Crippen LogP contribution < -0.4 is 9.46 Å². The fourth-order valence-electron chi connectivity index (χ4n) is 3.47. The number of fused-ring (bicyclic) bond motifs is 1. The fraction of sp³-hybridized carbons (Fsp3) is 0.0400. The van der Waals surface area contributed by atoms with Gasteiger partial charge >= 0.3 is 0 Å². The molecule has 170 valence electrons. The Balaban J connectivity index is 1.41. The molecule has 7 nitrogen and oxygen atoms in total. The maximum absolute atomic E-state index is 14.5. The molecule has 0 unspecified atom stereocenters. The monoisotopic (exact) mass is 475 g/mol. The molecule has 9 heteroatoms. The Morgan fingerprint density at radius 2 is 1.82 bits per heavy atom. The molecule has 3 aromatic heterocycles. The lowest BCUT2D eigenvalue weighted by molar-refractivity contribution is 0.337. The lowest BCUT2D eigenvalue weighted by Crippen LogP contribution is -2.14. The second kappa shape index (κ2) is 8.60. The molecule has 0 fully saturated rings. The van der Waals surface area contributed by atoms with Crippen LogP contribution in [0.3, 0.4) is 0 Å². The molecule has 2 aromatic carbocycles. The van der Waals surface area contributed by atoms with Gasteiger partial charge in [-0.15, -0.1) is 0 Å². The zero-order chi connectivity index (χ0) is 23.7. The normalized spacial score (nSPS) is 11.5. The molecule has 0 saturated carbocycles. The third-order valence-corrected chi connectivity index (χ3v) is 6.53. The predicted octanol–water partition coefficient (Wildman–Crippen LogP) is 5.93. The molecule has 3 heterocycles. The van der Waals surface area contributed by atoms with E-state index >= 15 is 0 Å². The minimum absolute atomic E-state index is 0.146. The SMILES string of the molecule is Cc1cccc2cc(-c3ccc(F)c(NS(=O)(=O)c4ccc(Oc5ccco5)nc4)c3)cnc12. The fourth-order valence-corrected chi connectivity index (χ4v) is 4.47. The molecule has 5 rings (SSSR count). The van der Waals surface area contributed by atoms with E-state index in [1.165, 1.54) is 30.5 Å². The Morgan fingerprint density at radius 1 is 0.941 bits per heavy atom. The lowest BCUT2D eigenvalue weighted by Gasteiger charge is -2.11. The Kier molecular flexibility index (Phi) is 5.46. The molecule has 0 aliphatic carbocycles. The average Bonchev–Trinajstić information content (AvgIpc) is 3.34. The number of sulfonamides is 1. The molecular weight excluding hydrogens is 457 g/mol. The maximum Gasteiger partial charge on any atom is 0.291 e. The van der Waals surface area contributed by atoms with Crippen molar-refractivity contribution in [1.29, 1.82) is 0 Å². The average molecular weight is 476 g/mol. The van der Waals surface area contributed by atoms with E-state index < -0.39 is 15.8 Å². The van der Waals surface area contributed by atoms with Crippen molar-refractivity contribution in [2.24, 2.45) is 0 Å². The number of anilines is 1. The van der Waals surface area contributed by atoms with Crippen LogP contribution in [0.4, 0.5) is 10.1 Å². The number of furan rings is 1. The summed E-state index contributed by atoms with van der Waals surface area (Å²) in [5.74, 6) is -0.331. The predicted molar refractivity (Wildman–Crippen MR) is 126 cm³/mol. The number of pyridine rings is 2. The van der Waals surface area contributed by atoms with E-state index in [4.69, 9.17) is 9.15 Å². The van der Waals surface area contributed by atoms with Gasteiger partial charge in [0.05, 0.1) is 23.7 Å². The highest BCUT2D eigenvalue weighted by atomic mass is 32.2. The van der Waals surface area contributed by atoms with Gasteiger partial charge < -0.3 is 9.15 Å². The summed E-state index contributed by atoms with van der Waals surface area (Å²) in [4.78, 5) is 8.34. The van der Waals surface area contributed by atoms with Crippen LogP contribution in [0, 0.1) is 12.7 Å². The van der Waals surface area contributed by atoms with Crippen LogP contribution in [-0.2, 0) is 10.0 Å². The van der Waals surface area contributed by atoms with E-state index in [1.807, 2.05) is 31.2 Å². The van der Waals surface area contributed by atoms with Gasteiger partial charge in [0.15, 0.2) is 0 Å². The van der Waals surface area contributed by atoms with E-state index in [0.29, 0.717) is 5.56 Å². The van der Waals surface area contributed by atoms with Crippen LogP contribution in [0.25, 0.3) is 22.0 Å². The summed E-state index contributed by atoms with van der Waals surface area (Å²) in [6, 6.07) is 18.0. The van der Waals surface area contributed by atoms with Crippen molar-refractivity contribution in [2.45, 2.75) is 11.8 Å². The summed E-state index contributed by atoms with van der Waals surface area (Å²) in [6.45, 7) is 1.98. The topological polar surface area (TPSA) is 94.3 Å². The van der Waals surface area contributed by atoms with Crippen molar-refractivity contribution >= 4 is 26.6 Å². The Labute approximate surface area is 194 Å². The molecule has 0 bridgehead atoms. The number of rotatable bonds is 6. The lowest BCUT2D eigenvalue weighted by atomic mass is 10.0. The summed E-state index contributed by atoms with van der Waals surface area (Å²) >= 11 is 0. The zero-order valence-corrected chi connectivity index (χ0v) is 18.7. The number of para-hydroxylation sites is 1. The minimum Gasteiger partial charge on any atom is -0.434 e. The summed E-state index contributed by atoms with van der Waals surface area (Å²) in [6.07, 6.45) is 4.25. The van der Waals surface area contributed by atoms with Crippen LogP contribution in [0.1, 0.15) is 5.56 Å². The zero-order valence-electron chi connectivity index (χ0n) is 17.9. The number of halogens is 1. The third-order valence-electron chi connectivity index (χ3n) is 5.18. The number of nitrogens with one attached hydrogen (secondary N) is 1.